The molecule has 5 heteroatoms. The van der Waals surface area contributed by atoms with Crippen molar-refractivity contribution in [1.29, 1.82) is 0 Å². The molecule has 0 rings (SSSR count). The highest BCUT2D eigenvalue weighted by molar-refractivity contribution is 5.66. The number of hydrogen-bond acceptors (Lipinski definition) is 3. The van der Waals surface area contributed by atoms with Gasteiger partial charge in [0, 0.05) is 19.4 Å². The van der Waals surface area contributed by atoms with Gasteiger partial charge < -0.3 is 15.3 Å². The van der Waals surface area contributed by atoms with Crippen molar-refractivity contribution in [3.8, 4) is 0 Å². The van der Waals surface area contributed by atoms with Gasteiger partial charge in [-0.2, -0.15) is 0 Å². The predicted octanol–water partition coefficient (Wildman–Crippen LogP) is 3.84. The van der Waals surface area contributed by atoms with Gasteiger partial charge in [-0.15, -0.1) is 0 Å². The molecule has 0 aromatic heterocycles. The fourth-order valence-corrected chi connectivity index (χ4v) is 1.80. The van der Waals surface area contributed by atoms with E-state index < -0.39 is 11.9 Å². The fraction of sp³-hybridized carbons (Fsp3) is 0.875. The van der Waals surface area contributed by atoms with E-state index in [1.807, 2.05) is 0 Å². The molecule has 0 aliphatic carbocycles. The molecule has 0 heterocycles. The summed E-state index contributed by atoms with van der Waals surface area (Å²) in [5.74, 6) is -1.48. The number of carbonyl (C=O) groups is 2. The van der Waals surface area contributed by atoms with E-state index in [2.05, 4.69) is 6.92 Å². The van der Waals surface area contributed by atoms with E-state index in [0.29, 0.717) is 6.61 Å². The SMILES string of the molecule is CCCCCCO.O=C(O)CCCCCCCCC(=O)O. The first-order valence-corrected chi connectivity index (χ1v) is 8.09. The van der Waals surface area contributed by atoms with Crippen LogP contribution in [0, 0.1) is 0 Å². The van der Waals surface area contributed by atoms with E-state index in [0.717, 1.165) is 44.9 Å². The normalized spacial score (nSPS) is 9.81. The Morgan fingerprint density at radius 1 is 0.667 bits per heavy atom. The molecular formula is C16H32O5. The zero-order valence-corrected chi connectivity index (χ0v) is 13.4. The lowest BCUT2D eigenvalue weighted by molar-refractivity contribution is -0.138. The topological polar surface area (TPSA) is 94.8 Å². The summed E-state index contributed by atoms with van der Waals surface area (Å²) < 4.78 is 0. The zero-order chi connectivity index (χ0) is 16.3. The van der Waals surface area contributed by atoms with Gasteiger partial charge in [-0.05, 0) is 19.3 Å². The van der Waals surface area contributed by atoms with Gasteiger partial charge in [0.05, 0.1) is 0 Å². The molecule has 3 N–H and O–H groups in total. The minimum absolute atomic E-state index is 0.245. The van der Waals surface area contributed by atoms with Crippen molar-refractivity contribution in [1.82, 2.24) is 0 Å². The van der Waals surface area contributed by atoms with Crippen molar-refractivity contribution in [2.24, 2.45) is 0 Å². The maximum atomic E-state index is 10.1. The number of aliphatic hydroxyl groups is 1. The molecule has 0 aromatic carbocycles. The Labute approximate surface area is 128 Å². The Morgan fingerprint density at radius 3 is 1.38 bits per heavy atom. The van der Waals surface area contributed by atoms with E-state index in [1.165, 1.54) is 19.3 Å². The van der Waals surface area contributed by atoms with Crippen LogP contribution >= 0.6 is 0 Å². The Kier molecular flexibility index (Phi) is 20.0. The maximum absolute atomic E-state index is 10.1. The first kappa shape index (κ1) is 22.2. The minimum Gasteiger partial charge on any atom is -0.481 e. The smallest absolute Gasteiger partial charge is 0.303 e. The molecule has 0 radical (unpaired) electrons. The zero-order valence-electron chi connectivity index (χ0n) is 13.4. The van der Waals surface area contributed by atoms with Crippen molar-refractivity contribution in [2.45, 2.75) is 84.0 Å². The Morgan fingerprint density at radius 2 is 1.05 bits per heavy atom. The molecule has 5 nitrogen and oxygen atoms in total. The van der Waals surface area contributed by atoms with Crippen molar-refractivity contribution >= 4 is 11.9 Å². The fourth-order valence-electron chi connectivity index (χ4n) is 1.80. The predicted molar refractivity (Wildman–Crippen MR) is 83.4 cm³/mol. The van der Waals surface area contributed by atoms with Crippen LogP contribution in [0.25, 0.3) is 0 Å². The number of aliphatic carboxylic acids is 2. The van der Waals surface area contributed by atoms with Crippen LogP contribution in [0.2, 0.25) is 0 Å². The first-order valence-electron chi connectivity index (χ1n) is 8.09. The van der Waals surface area contributed by atoms with Gasteiger partial charge in [0.25, 0.3) is 0 Å². The lowest BCUT2D eigenvalue weighted by Gasteiger charge is -1.98. The summed E-state index contributed by atoms with van der Waals surface area (Å²) in [6.07, 6.45) is 10.5. The molecule has 0 aromatic rings. The van der Waals surface area contributed by atoms with Crippen LogP contribution in [0.4, 0.5) is 0 Å². The molecule has 0 unspecified atom stereocenters. The summed E-state index contributed by atoms with van der Waals surface area (Å²) in [5, 5.41) is 25.0. The summed E-state index contributed by atoms with van der Waals surface area (Å²) in [6, 6.07) is 0. The number of rotatable bonds is 13. The first-order chi connectivity index (χ1) is 10.0. The Hall–Kier alpha value is -1.10. The second-order valence-corrected chi connectivity index (χ2v) is 5.19. The number of carboxylic acid groups (broad SMARTS) is 2. The van der Waals surface area contributed by atoms with Crippen LogP contribution in [-0.4, -0.2) is 33.9 Å². The van der Waals surface area contributed by atoms with Gasteiger partial charge in [-0.25, -0.2) is 0 Å². The van der Waals surface area contributed by atoms with Crippen molar-refractivity contribution in [3.63, 3.8) is 0 Å². The van der Waals surface area contributed by atoms with Crippen molar-refractivity contribution in [3.05, 3.63) is 0 Å². The van der Waals surface area contributed by atoms with E-state index >= 15 is 0 Å². The third-order valence-corrected chi connectivity index (χ3v) is 3.04. The van der Waals surface area contributed by atoms with Crippen LogP contribution in [0.5, 0.6) is 0 Å². The van der Waals surface area contributed by atoms with Crippen LogP contribution in [0.1, 0.15) is 84.0 Å². The number of aliphatic hydroxyl groups excluding tert-OH is 1. The number of hydrogen-bond donors (Lipinski definition) is 3. The van der Waals surface area contributed by atoms with Crippen LogP contribution in [-0.2, 0) is 9.59 Å². The van der Waals surface area contributed by atoms with Crippen LogP contribution in [0.15, 0.2) is 0 Å². The monoisotopic (exact) mass is 304 g/mol. The second kappa shape index (κ2) is 18.9. The minimum atomic E-state index is -0.740. The van der Waals surface area contributed by atoms with Gasteiger partial charge in [0.1, 0.15) is 0 Å². The molecule has 0 saturated heterocycles. The lowest BCUT2D eigenvalue weighted by Crippen LogP contribution is -1.94. The molecule has 0 spiro atoms. The molecule has 126 valence electrons. The molecule has 0 bridgehead atoms. The van der Waals surface area contributed by atoms with Gasteiger partial charge in [-0.1, -0.05) is 51.9 Å². The quantitative estimate of drug-likeness (QED) is 0.449. The van der Waals surface area contributed by atoms with Crippen molar-refractivity contribution < 1.29 is 24.9 Å². The molecule has 21 heavy (non-hydrogen) atoms. The molecule has 0 aliphatic heterocycles. The second-order valence-electron chi connectivity index (χ2n) is 5.19. The highest BCUT2D eigenvalue weighted by atomic mass is 16.4. The van der Waals surface area contributed by atoms with Gasteiger partial charge in [0.15, 0.2) is 0 Å². The summed E-state index contributed by atoms with van der Waals surface area (Å²) in [6.45, 7) is 2.53. The summed E-state index contributed by atoms with van der Waals surface area (Å²) in [7, 11) is 0. The molecular weight excluding hydrogens is 272 g/mol. The van der Waals surface area contributed by atoms with E-state index in [-0.39, 0.29) is 12.8 Å². The molecule has 0 amide bonds. The molecule has 0 atom stereocenters. The molecule has 0 fully saturated rings. The molecule has 0 saturated carbocycles. The summed E-state index contributed by atoms with van der Waals surface area (Å²) in [4.78, 5) is 20.3. The Balaban J connectivity index is 0. The highest BCUT2D eigenvalue weighted by Crippen LogP contribution is 2.08. The third-order valence-electron chi connectivity index (χ3n) is 3.04. The van der Waals surface area contributed by atoms with Gasteiger partial charge in [-0.3, -0.25) is 9.59 Å². The number of unbranched alkanes of at least 4 members (excludes halogenated alkanes) is 8. The average Bonchev–Trinajstić information content (AvgIpc) is 2.42. The van der Waals surface area contributed by atoms with E-state index in [4.69, 9.17) is 15.3 Å². The third kappa shape index (κ3) is 27.9. The van der Waals surface area contributed by atoms with E-state index in [9.17, 15) is 9.59 Å². The van der Waals surface area contributed by atoms with Crippen LogP contribution in [0.3, 0.4) is 0 Å². The van der Waals surface area contributed by atoms with Gasteiger partial charge in [0.2, 0.25) is 0 Å². The van der Waals surface area contributed by atoms with Crippen LogP contribution < -0.4 is 0 Å². The highest BCUT2D eigenvalue weighted by Gasteiger charge is 1.98. The Bertz CT molecular complexity index is 217. The van der Waals surface area contributed by atoms with Gasteiger partial charge >= 0.3 is 11.9 Å². The number of carboxylic acids is 2. The largest absolute Gasteiger partial charge is 0.481 e. The standard InChI is InChI=1S/C10H18O4.C6H14O/c11-9(12)7-5-3-1-2-4-6-8-10(13)14;1-2-3-4-5-6-7/h1-8H2,(H,11,12)(H,13,14);7H,2-6H2,1H3. The average molecular weight is 304 g/mol. The molecule has 0 aliphatic rings. The van der Waals surface area contributed by atoms with E-state index in [1.54, 1.807) is 0 Å². The lowest BCUT2D eigenvalue weighted by atomic mass is 10.1. The maximum Gasteiger partial charge on any atom is 0.303 e. The summed E-state index contributed by atoms with van der Waals surface area (Å²) in [5.41, 5.74) is 0. The van der Waals surface area contributed by atoms with Crippen molar-refractivity contribution in [2.75, 3.05) is 6.61 Å². The summed E-state index contributed by atoms with van der Waals surface area (Å²) >= 11 is 0.